The van der Waals surface area contributed by atoms with E-state index in [0.29, 0.717) is 4.88 Å². The Morgan fingerprint density at radius 2 is 1.89 bits per heavy atom. The second-order valence-electron chi connectivity index (χ2n) is 3.84. The normalized spacial score (nSPS) is 12.2. The molecule has 1 unspecified atom stereocenters. The summed E-state index contributed by atoms with van der Waals surface area (Å²) in [4.78, 5) is 12.7. The van der Waals surface area contributed by atoms with Crippen molar-refractivity contribution < 1.29 is 4.79 Å². The molecule has 0 radical (unpaired) electrons. The Labute approximate surface area is 127 Å². The molecule has 1 aromatic heterocycles. The number of halogens is 2. The van der Waals surface area contributed by atoms with E-state index in [0.717, 1.165) is 14.5 Å². The number of hydrogen-bond acceptors (Lipinski definition) is 2. The van der Waals surface area contributed by atoms with Gasteiger partial charge in [0.15, 0.2) is 0 Å². The van der Waals surface area contributed by atoms with Gasteiger partial charge in [-0.1, -0.05) is 28.1 Å². The zero-order chi connectivity index (χ0) is 13.1. The van der Waals surface area contributed by atoms with E-state index < -0.39 is 0 Å². The lowest BCUT2D eigenvalue weighted by Crippen LogP contribution is -2.26. The molecular weight excluding hydrogens is 378 g/mol. The predicted molar refractivity (Wildman–Crippen MR) is 82.0 cm³/mol. The van der Waals surface area contributed by atoms with Crippen LogP contribution in [0.3, 0.4) is 0 Å². The summed E-state index contributed by atoms with van der Waals surface area (Å²) in [7, 11) is 0. The molecule has 0 aliphatic carbocycles. The number of benzene rings is 1. The molecule has 0 aliphatic rings. The molecule has 0 saturated carbocycles. The van der Waals surface area contributed by atoms with Crippen molar-refractivity contribution in [1.82, 2.24) is 5.32 Å². The Bertz CT molecular complexity index is 550. The minimum Gasteiger partial charge on any atom is -0.345 e. The Morgan fingerprint density at radius 1 is 1.22 bits per heavy atom. The molecule has 2 aromatic rings. The lowest BCUT2D eigenvalue weighted by molar-refractivity contribution is 0.0943. The predicted octanol–water partition coefficient (Wildman–Crippen LogP) is 4.76. The largest absolute Gasteiger partial charge is 0.345 e. The van der Waals surface area contributed by atoms with Crippen molar-refractivity contribution in [1.29, 1.82) is 0 Å². The van der Waals surface area contributed by atoms with Gasteiger partial charge in [-0.15, -0.1) is 11.3 Å². The zero-order valence-corrected chi connectivity index (χ0v) is 13.6. The lowest BCUT2D eigenvalue weighted by Gasteiger charge is -2.14. The number of hydrogen-bond donors (Lipinski definition) is 1. The van der Waals surface area contributed by atoms with E-state index in [9.17, 15) is 4.79 Å². The molecule has 1 N–H and O–H groups in total. The fourth-order valence-corrected chi connectivity index (χ4v) is 3.27. The van der Waals surface area contributed by atoms with Gasteiger partial charge in [0.05, 0.1) is 6.04 Å². The van der Waals surface area contributed by atoms with Gasteiger partial charge in [-0.05, 0) is 52.0 Å². The van der Waals surface area contributed by atoms with E-state index in [1.54, 1.807) is 0 Å². The standard InChI is InChI=1S/C13H11Br2NOS/c1-8(9-2-4-10(14)5-3-9)16-13(17)12-11(15)6-7-18-12/h2-8H,1H3,(H,16,17). The number of nitrogens with one attached hydrogen (secondary N) is 1. The lowest BCUT2D eigenvalue weighted by atomic mass is 10.1. The molecule has 1 amide bonds. The first-order valence-electron chi connectivity index (χ1n) is 5.37. The van der Waals surface area contributed by atoms with Gasteiger partial charge in [0.1, 0.15) is 4.88 Å². The SMILES string of the molecule is CC(NC(=O)c1sccc1Br)c1ccc(Br)cc1. The van der Waals surface area contributed by atoms with Gasteiger partial charge >= 0.3 is 0 Å². The van der Waals surface area contributed by atoms with Gasteiger partial charge in [-0.2, -0.15) is 0 Å². The summed E-state index contributed by atoms with van der Waals surface area (Å²) in [6.45, 7) is 1.97. The average Bonchev–Trinajstić information content (AvgIpc) is 2.76. The van der Waals surface area contributed by atoms with Gasteiger partial charge < -0.3 is 5.32 Å². The first-order valence-corrected chi connectivity index (χ1v) is 7.84. The molecule has 0 bridgehead atoms. The third-order valence-corrected chi connectivity index (χ3v) is 4.91. The molecule has 2 rings (SSSR count). The maximum absolute atomic E-state index is 12.0. The van der Waals surface area contributed by atoms with Crippen LogP contribution in [0.5, 0.6) is 0 Å². The molecule has 5 heteroatoms. The fraction of sp³-hybridized carbons (Fsp3) is 0.154. The highest BCUT2D eigenvalue weighted by Crippen LogP contribution is 2.24. The van der Waals surface area contributed by atoms with Crippen molar-refractivity contribution in [3.63, 3.8) is 0 Å². The average molecular weight is 389 g/mol. The first-order chi connectivity index (χ1) is 8.58. The van der Waals surface area contributed by atoms with Crippen LogP contribution in [-0.2, 0) is 0 Å². The molecular formula is C13H11Br2NOS. The summed E-state index contributed by atoms with van der Waals surface area (Å²) in [5.74, 6) is -0.0488. The van der Waals surface area contributed by atoms with Crippen molar-refractivity contribution in [2.24, 2.45) is 0 Å². The highest BCUT2D eigenvalue weighted by Gasteiger charge is 2.14. The number of carbonyl (C=O) groups excluding carboxylic acids is 1. The molecule has 0 fully saturated rings. The molecule has 1 aromatic carbocycles. The van der Waals surface area contributed by atoms with Crippen LogP contribution < -0.4 is 5.32 Å². The Morgan fingerprint density at radius 3 is 2.44 bits per heavy atom. The Balaban J connectivity index is 2.08. The van der Waals surface area contributed by atoms with Gasteiger partial charge in [0.2, 0.25) is 0 Å². The number of amides is 1. The molecule has 0 aliphatic heterocycles. The molecule has 2 nitrogen and oxygen atoms in total. The number of rotatable bonds is 3. The van der Waals surface area contributed by atoms with Crippen LogP contribution in [0.2, 0.25) is 0 Å². The third-order valence-electron chi connectivity index (χ3n) is 2.54. The summed E-state index contributed by atoms with van der Waals surface area (Å²) in [5.41, 5.74) is 1.08. The minimum absolute atomic E-state index is 0.0143. The van der Waals surface area contributed by atoms with E-state index >= 15 is 0 Å². The van der Waals surface area contributed by atoms with E-state index in [2.05, 4.69) is 37.2 Å². The topological polar surface area (TPSA) is 29.1 Å². The molecule has 1 heterocycles. The summed E-state index contributed by atoms with van der Waals surface area (Å²) in [6.07, 6.45) is 0. The molecule has 0 saturated heterocycles. The highest BCUT2D eigenvalue weighted by molar-refractivity contribution is 9.10. The first kappa shape index (κ1) is 13.8. The second-order valence-corrected chi connectivity index (χ2v) is 6.53. The van der Waals surface area contributed by atoms with Crippen LogP contribution in [0.1, 0.15) is 28.2 Å². The van der Waals surface area contributed by atoms with Gasteiger partial charge in [0, 0.05) is 8.95 Å². The number of thiophene rings is 1. The summed E-state index contributed by atoms with van der Waals surface area (Å²) >= 11 is 8.19. The van der Waals surface area contributed by atoms with E-state index in [1.807, 2.05) is 42.6 Å². The molecule has 18 heavy (non-hydrogen) atoms. The van der Waals surface area contributed by atoms with Crippen LogP contribution >= 0.6 is 43.2 Å². The Hall–Kier alpha value is -0.650. The molecule has 0 spiro atoms. The second kappa shape index (κ2) is 5.99. The van der Waals surface area contributed by atoms with E-state index in [4.69, 9.17) is 0 Å². The number of carbonyl (C=O) groups is 1. The zero-order valence-electron chi connectivity index (χ0n) is 9.61. The van der Waals surface area contributed by atoms with Crippen molar-refractivity contribution in [3.8, 4) is 0 Å². The van der Waals surface area contributed by atoms with Crippen LogP contribution in [-0.4, -0.2) is 5.91 Å². The highest BCUT2D eigenvalue weighted by atomic mass is 79.9. The molecule has 1 atom stereocenters. The van der Waals surface area contributed by atoms with Crippen LogP contribution in [0.4, 0.5) is 0 Å². The van der Waals surface area contributed by atoms with E-state index in [-0.39, 0.29) is 11.9 Å². The van der Waals surface area contributed by atoms with Crippen molar-refractivity contribution >= 4 is 49.1 Å². The summed E-state index contributed by atoms with van der Waals surface area (Å²) < 4.78 is 1.87. The monoisotopic (exact) mass is 387 g/mol. The third kappa shape index (κ3) is 3.22. The van der Waals surface area contributed by atoms with Gasteiger partial charge in [-0.3, -0.25) is 4.79 Å². The van der Waals surface area contributed by atoms with E-state index in [1.165, 1.54) is 11.3 Å². The van der Waals surface area contributed by atoms with Crippen LogP contribution in [0.15, 0.2) is 44.7 Å². The fourth-order valence-electron chi connectivity index (χ4n) is 1.55. The smallest absolute Gasteiger partial charge is 0.262 e. The van der Waals surface area contributed by atoms with Crippen molar-refractivity contribution in [3.05, 3.63) is 55.1 Å². The summed E-state index contributed by atoms with van der Waals surface area (Å²) in [5, 5.41) is 4.88. The quantitative estimate of drug-likeness (QED) is 0.806. The minimum atomic E-state index is -0.0488. The Kier molecular flexibility index (Phi) is 4.59. The van der Waals surface area contributed by atoms with Gasteiger partial charge in [0.25, 0.3) is 5.91 Å². The maximum atomic E-state index is 12.0. The van der Waals surface area contributed by atoms with Crippen LogP contribution in [0, 0.1) is 0 Å². The van der Waals surface area contributed by atoms with Crippen LogP contribution in [0.25, 0.3) is 0 Å². The van der Waals surface area contributed by atoms with Crippen molar-refractivity contribution in [2.45, 2.75) is 13.0 Å². The molecule has 94 valence electrons. The van der Waals surface area contributed by atoms with Crippen molar-refractivity contribution in [2.75, 3.05) is 0 Å². The maximum Gasteiger partial charge on any atom is 0.262 e. The summed E-state index contributed by atoms with van der Waals surface area (Å²) in [6, 6.07) is 9.80. The van der Waals surface area contributed by atoms with Gasteiger partial charge in [-0.25, -0.2) is 0 Å².